The monoisotopic (exact) mass is 199 g/mol. The SMILES string of the molecule is Cc1nn(C(=O)NC(C)C)c(=O)n1N. The van der Waals surface area contributed by atoms with Gasteiger partial charge in [-0.2, -0.15) is 4.68 Å². The average molecular weight is 199 g/mol. The molecule has 0 atom stereocenters. The van der Waals surface area contributed by atoms with Crippen LogP contribution >= 0.6 is 0 Å². The molecule has 14 heavy (non-hydrogen) atoms. The molecule has 1 amide bonds. The fourth-order valence-electron chi connectivity index (χ4n) is 0.917. The third kappa shape index (κ3) is 1.76. The molecule has 1 heterocycles. The Balaban J connectivity index is 3.03. The minimum atomic E-state index is -0.652. The van der Waals surface area contributed by atoms with E-state index in [4.69, 9.17) is 5.84 Å². The normalized spacial score (nSPS) is 10.6. The second-order valence-electron chi connectivity index (χ2n) is 3.22. The number of nitrogen functional groups attached to an aromatic ring is 1. The minimum Gasteiger partial charge on any atom is -0.334 e. The number of amides is 1. The number of nitrogens with zero attached hydrogens (tertiary/aromatic N) is 3. The van der Waals surface area contributed by atoms with Crippen LogP contribution in [-0.2, 0) is 0 Å². The van der Waals surface area contributed by atoms with E-state index in [1.54, 1.807) is 20.8 Å². The van der Waals surface area contributed by atoms with Gasteiger partial charge < -0.3 is 11.2 Å². The lowest BCUT2D eigenvalue weighted by molar-refractivity contribution is 0.236. The van der Waals surface area contributed by atoms with Crippen LogP contribution in [0.3, 0.4) is 0 Å². The molecule has 0 bridgehead atoms. The number of carbonyl (C=O) groups is 1. The molecule has 78 valence electrons. The lowest BCUT2D eigenvalue weighted by atomic mass is 10.4. The maximum absolute atomic E-state index is 11.4. The van der Waals surface area contributed by atoms with Gasteiger partial charge in [-0.3, -0.25) is 0 Å². The van der Waals surface area contributed by atoms with Gasteiger partial charge in [0.15, 0.2) is 5.82 Å². The highest BCUT2D eigenvalue weighted by atomic mass is 16.2. The molecule has 0 unspecified atom stereocenters. The highest BCUT2D eigenvalue weighted by Gasteiger charge is 2.14. The smallest absolute Gasteiger partial charge is 0.334 e. The molecule has 0 aliphatic carbocycles. The zero-order valence-electron chi connectivity index (χ0n) is 8.31. The van der Waals surface area contributed by atoms with E-state index in [9.17, 15) is 9.59 Å². The van der Waals surface area contributed by atoms with E-state index in [1.165, 1.54) is 0 Å². The standard InChI is InChI=1S/C7H13N5O2/c1-4(2)9-6(13)12-7(14)11(8)5(3)10-12/h4H,8H2,1-3H3,(H,9,13). The van der Waals surface area contributed by atoms with Crippen molar-refractivity contribution in [1.82, 2.24) is 19.8 Å². The van der Waals surface area contributed by atoms with Crippen LogP contribution in [0, 0.1) is 6.92 Å². The first-order chi connectivity index (χ1) is 6.43. The third-order valence-electron chi connectivity index (χ3n) is 1.59. The predicted molar refractivity (Wildman–Crippen MR) is 50.4 cm³/mol. The van der Waals surface area contributed by atoms with Crippen molar-refractivity contribution in [2.75, 3.05) is 5.84 Å². The van der Waals surface area contributed by atoms with Crippen LogP contribution in [0.1, 0.15) is 19.7 Å². The summed E-state index contributed by atoms with van der Waals surface area (Å²) in [7, 11) is 0. The Morgan fingerprint density at radius 2 is 2.14 bits per heavy atom. The summed E-state index contributed by atoms with van der Waals surface area (Å²) in [5.41, 5.74) is -0.652. The van der Waals surface area contributed by atoms with E-state index in [0.717, 1.165) is 4.68 Å². The number of carbonyl (C=O) groups excluding carboxylic acids is 1. The van der Waals surface area contributed by atoms with Gasteiger partial charge >= 0.3 is 11.7 Å². The number of aryl methyl sites for hydroxylation is 1. The number of rotatable bonds is 1. The van der Waals surface area contributed by atoms with Crippen LogP contribution in [0.25, 0.3) is 0 Å². The molecule has 0 radical (unpaired) electrons. The fourth-order valence-corrected chi connectivity index (χ4v) is 0.917. The molecule has 0 saturated carbocycles. The van der Waals surface area contributed by atoms with Crippen molar-refractivity contribution in [3.05, 3.63) is 16.3 Å². The average Bonchev–Trinajstić information content (AvgIpc) is 2.32. The lowest BCUT2D eigenvalue weighted by Gasteiger charge is -2.05. The summed E-state index contributed by atoms with van der Waals surface area (Å²) in [5.74, 6) is 5.60. The summed E-state index contributed by atoms with van der Waals surface area (Å²) in [5, 5.41) is 6.23. The van der Waals surface area contributed by atoms with Gasteiger partial charge in [0, 0.05) is 6.04 Å². The van der Waals surface area contributed by atoms with E-state index < -0.39 is 11.7 Å². The fraction of sp³-hybridized carbons (Fsp3) is 0.571. The lowest BCUT2D eigenvalue weighted by Crippen LogP contribution is -2.41. The summed E-state index contributed by atoms with van der Waals surface area (Å²) < 4.78 is 1.52. The van der Waals surface area contributed by atoms with Crippen molar-refractivity contribution in [3.8, 4) is 0 Å². The molecule has 0 fully saturated rings. The van der Waals surface area contributed by atoms with Crippen LogP contribution in [-0.4, -0.2) is 26.5 Å². The molecule has 0 aromatic carbocycles. The second kappa shape index (κ2) is 3.52. The van der Waals surface area contributed by atoms with Gasteiger partial charge in [-0.1, -0.05) is 0 Å². The van der Waals surface area contributed by atoms with Crippen molar-refractivity contribution in [2.45, 2.75) is 26.8 Å². The van der Waals surface area contributed by atoms with Gasteiger partial charge in [0.25, 0.3) is 0 Å². The molecule has 0 saturated heterocycles. The summed E-state index contributed by atoms with van der Waals surface area (Å²) in [6, 6.07) is -0.630. The molecule has 0 spiro atoms. The quantitative estimate of drug-likeness (QED) is 0.569. The van der Waals surface area contributed by atoms with Crippen LogP contribution in [0.15, 0.2) is 4.79 Å². The molecule has 1 aromatic heterocycles. The zero-order chi connectivity index (χ0) is 10.9. The van der Waals surface area contributed by atoms with E-state index in [0.29, 0.717) is 4.68 Å². The molecule has 0 aliphatic heterocycles. The molecule has 1 aromatic rings. The van der Waals surface area contributed by atoms with E-state index in [1.807, 2.05) is 0 Å². The van der Waals surface area contributed by atoms with Gasteiger partial charge in [0.1, 0.15) is 0 Å². The summed E-state index contributed by atoms with van der Waals surface area (Å²) >= 11 is 0. The number of aromatic nitrogens is 3. The topological polar surface area (TPSA) is 94.9 Å². The Hall–Kier alpha value is -1.79. The first-order valence-corrected chi connectivity index (χ1v) is 4.18. The van der Waals surface area contributed by atoms with E-state index in [2.05, 4.69) is 10.4 Å². The van der Waals surface area contributed by atoms with Crippen molar-refractivity contribution in [2.24, 2.45) is 0 Å². The molecule has 7 heteroatoms. The van der Waals surface area contributed by atoms with Gasteiger partial charge in [0.2, 0.25) is 0 Å². The van der Waals surface area contributed by atoms with Crippen molar-refractivity contribution >= 4 is 6.03 Å². The Morgan fingerprint density at radius 3 is 2.50 bits per heavy atom. The second-order valence-corrected chi connectivity index (χ2v) is 3.22. The number of hydrogen-bond acceptors (Lipinski definition) is 4. The Morgan fingerprint density at radius 1 is 1.57 bits per heavy atom. The summed E-state index contributed by atoms with van der Waals surface area (Å²) in [4.78, 5) is 22.7. The third-order valence-corrected chi connectivity index (χ3v) is 1.59. The predicted octanol–water partition coefficient (Wildman–Crippen LogP) is -0.967. The molecule has 3 N–H and O–H groups in total. The summed E-state index contributed by atoms with van der Waals surface area (Å²) in [6.07, 6.45) is 0. The highest BCUT2D eigenvalue weighted by molar-refractivity contribution is 5.75. The first kappa shape index (κ1) is 10.3. The Kier molecular flexibility index (Phi) is 2.59. The molecular formula is C7H13N5O2. The van der Waals surface area contributed by atoms with Crippen molar-refractivity contribution in [1.29, 1.82) is 0 Å². The largest absolute Gasteiger partial charge is 0.373 e. The Bertz CT molecular complexity index is 403. The molecule has 7 nitrogen and oxygen atoms in total. The first-order valence-electron chi connectivity index (χ1n) is 4.18. The summed E-state index contributed by atoms with van der Waals surface area (Å²) in [6.45, 7) is 5.12. The highest BCUT2D eigenvalue weighted by Crippen LogP contribution is 1.85. The van der Waals surface area contributed by atoms with Gasteiger partial charge in [0.05, 0.1) is 0 Å². The van der Waals surface area contributed by atoms with Crippen molar-refractivity contribution < 1.29 is 4.79 Å². The van der Waals surface area contributed by atoms with Crippen LogP contribution in [0.2, 0.25) is 0 Å². The minimum absolute atomic E-state index is 0.0577. The van der Waals surface area contributed by atoms with Gasteiger partial charge in [-0.05, 0) is 20.8 Å². The van der Waals surface area contributed by atoms with Gasteiger partial charge in [-0.15, -0.1) is 9.78 Å². The number of nitrogens with one attached hydrogen (secondary N) is 1. The van der Waals surface area contributed by atoms with E-state index >= 15 is 0 Å². The Labute approximate surface area is 80.5 Å². The maximum atomic E-state index is 11.4. The number of hydrogen-bond donors (Lipinski definition) is 2. The van der Waals surface area contributed by atoms with Gasteiger partial charge in [-0.25, -0.2) is 9.59 Å². The van der Waals surface area contributed by atoms with E-state index in [-0.39, 0.29) is 11.9 Å². The van der Waals surface area contributed by atoms with Crippen LogP contribution in [0.5, 0.6) is 0 Å². The van der Waals surface area contributed by atoms with Crippen molar-refractivity contribution in [3.63, 3.8) is 0 Å². The zero-order valence-corrected chi connectivity index (χ0v) is 8.31. The maximum Gasteiger partial charge on any atom is 0.373 e. The van der Waals surface area contributed by atoms with Crippen LogP contribution < -0.4 is 16.8 Å². The van der Waals surface area contributed by atoms with Crippen LogP contribution in [0.4, 0.5) is 4.79 Å². The molecule has 1 rings (SSSR count). The molecule has 0 aliphatic rings. The molecular weight excluding hydrogens is 186 g/mol. The number of nitrogens with two attached hydrogens (primary N) is 1.